The molecule has 5 aromatic carbocycles. The molecule has 0 bridgehead atoms. The zero-order valence-corrected chi connectivity index (χ0v) is 21.1. The van der Waals surface area contributed by atoms with E-state index in [0.717, 1.165) is 50.1 Å². The zero-order valence-electron chi connectivity index (χ0n) is 21.1. The molecular formula is C36H26O2. The Hall–Kier alpha value is -4.82. The van der Waals surface area contributed by atoms with Crippen molar-refractivity contribution in [1.82, 2.24) is 0 Å². The first-order chi connectivity index (χ1) is 18.7. The topological polar surface area (TPSA) is 18.5 Å². The van der Waals surface area contributed by atoms with Crippen LogP contribution < -0.4 is 9.47 Å². The van der Waals surface area contributed by atoms with E-state index >= 15 is 0 Å². The van der Waals surface area contributed by atoms with Crippen LogP contribution in [0.15, 0.2) is 121 Å². The molecule has 0 atom stereocenters. The van der Waals surface area contributed by atoms with Gasteiger partial charge in [-0.1, -0.05) is 97.1 Å². The van der Waals surface area contributed by atoms with Crippen LogP contribution in [0.4, 0.5) is 0 Å². The van der Waals surface area contributed by atoms with Crippen LogP contribution in [0.25, 0.3) is 40.1 Å². The SMILES string of the molecule is COc1ccc2ccc3c(c2c1)C=CC1(O3)C(c2ccccc2)=Cc2ccccc2C=C1c1ccccc1. The maximum Gasteiger partial charge on any atom is 0.179 e. The highest BCUT2D eigenvalue weighted by Crippen LogP contribution is 2.51. The van der Waals surface area contributed by atoms with E-state index in [1.165, 1.54) is 11.1 Å². The zero-order chi connectivity index (χ0) is 25.5. The van der Waals surface area contributed by atoms with Gasteiger partial charge >= 0.3 is 0 Å². The lowest BCUT2D eigenvalue weighted by atomic mass is 9.77. The highest BCUT2D eigenvalue weighted by Gasteiger charge is 2.43. The first-order valence-corrected chi connectivity index (χ1v) is 12.9. The lowest BCUT2D eigenvalue weighted by Crippen LogP contribution is -2.38. The van der Waals surface area contributed by atoms with Crippen LogP contribution in [0.2, 0.25) is 0 Å². The van der Waals surface area contributed by atoms with Crippen molar-refractivity contribution in [2.24, 2.45) is 0 Å². The number of methoxy groups -OCH3 is 1. The number of ether oxygens (including phenoxy) is 2. The minimum absolute atomic E-state index is 0.832. The van der Waals surface area contributed by atoms with Crippen molar-refractivity contribution in [3.8, 4) is 11.5 Å². The normalized spacial score (nSPS) is 15.1. The lowest BCUT2D eigenvalue weighted by Gasteiger charge is -2.39. The molecule has 0 saturated carbocycles. The largest absolute Gasteiger partial charge is 0.497 e. The van der Waals surface area contributed by atoms with E-state index in [0.29, 0.717) is 0 Å². The fourth-order valence-corrected chi connectivity index (χ4v) is 5.66. The van der Waals surface area contributed by atoms with E-state index in [4.69, 9.17) is 9.47 Å². The lowest BCUT2D eigenvalue weighted by molar-refractivity contribution is 0.240. The monoisotopic (exact) mass is 490 g/mol. The third-order valence-corrected chi connectivity index (χ3v) is 7.55. The maximum atomic E-state index is 7.22. The number of fused-ring (bicyclic) bond motifs is 4. The maximum absolute atomic E-state index is 7.22. The Kier molecular flexibility index (Phi) is 5.26. The second-order valence-corrected chi connectivity index (χ2v) is 9.71. The van der Waals surface area contributed by atoms with Crippen molar-refractivity contribution in [2.45, 2.75) is 5.60 Å². The number of hydrogen-bond donors (Lipinski definition) is 0. The molecule has 182 valence electrons. The molecule has 5 aromatic rings. The molecule has 0 aromatic heterocycles. The van der Waals surface area contributed by atoms with Crippen molar-refractivity contribution in [2.75, 3.05) is 7.11 Å². The summed E-state index contributed by atoms with van der Waals surface area (Å²) in [4.78, 5) is 0. The highest BCUT2D eigenvalue weighted by molar-refractivity contribution is 6.08. The number of hydrogen-bond acceptors (Lipinski definition) is 2. The Balaban J connectivity index is 1.53. The van der Waals surface area contributed by atoms with Gasteiger partial charge in [-0.25, -0.2) is 0 Å². The quantitative estimate of drug-likeness (QED) is 0.252. The molecule has 0 unspecified atom stereocenters. The van der Waals surface area contributed by atoms with Gasteiger partial charge in [0.05, 0.1) is 7.11 Å². The van der Waals surface area contributed by atoms with Gasteiger partial charge in [-0.2, -0.15) is 0 Å². The van der Waals surface area contributed by atoms with Crippen molar-refractivity contribution in [3.63, 3.8) is 0 Å². The summed E-state index contributed by atoms with van der Waals surface area (Å²) in [5.74, 6) is 1.68. The Morgan fingerprint density at radius 1 is 0.632 bits per heavy atom. The van der Waals surface area contributed by atoms with E-state index in [2.05, 4.69) is 133 Å². The molecule has 0 fully saturated rings. The predicted octanol–water partition coefficient (Wildman–Crippen LogP) is 8.79. The van der Waals surface area contributed by atoms with Gasteiger partial charge in [0, 0.05) is 16.7 Å². The van der Waals surface area contributed by atoms with E-state index in [9.17, 15) is 0 Å². The van der Waals surface area contributed by atoms with Gasteiger partial charge < -0.3 is 9.47 Å². The third-order valence-electron chi connectivity index (χ3n) is 7.55. The Morgan fingerprint density at radius 2 is 1.21 bits per heavy atom. The molecule has 0 saturated heterocycles. The predicted molar refractivity (Wildman–Crippen MR) is 158 cm³/mol. The minimum atomic E-state index is -0.832. The summed E-state index contributed by atoms with van der Waals surface area (Å²) in [6.07, 6.45) is 9.04. The van der Waals surface area contributed by atoms with Gasteiger partial charge in [0.15, 0.2) is 5.60 Å². The van der Waals surface area contributed by atoms with Crippen molar-refractivity contribution >= 4 is 40.1 Å². The molecule has 38 heavy (non-hydrogen) atoms. The summed E-state index contributed by atoms with van der Waals surface area (Å²) in [6.45, 7) is 0. The van der Waals surface area contributed by atoms with Crippen LogP contribution in [0.5, 0.6) is 11.5 Å². The molecule has 7 rings (SSSR count). The molecule has 1 aliphatic carbocycles. The average molecular weight is 491 g/mol. The molecule has 0 N–H and O–H groups in total. The molecule has 2 nitrogen and oxygen atoms in total. The van der Waals surface area contributed by atoms with Crippen LogP contribution in [0.1, 0.15) is 27.8 Å². The van der Waals surface area contributed by atoms with Gasteiger partial charge in [0.2, 0.25) is 0 Å². The van der Waals surface area contributed by atoms with E-state index < -0.39 is 5.60 Å². The van der Waals surface area contributed by atoms with Crippen LogP contribution in [-0.4, -0.2) is 12.7 Å². The number of benzene rings is 5. The fraction of sp³-hybridized carbons (Fsp3) is 0.0556. The Labute approximate surface area is 222 Å². The van der Waals surface area contributed by atoms with E-state index in [1.54, 1.807) is 7.11 Å². The minimum Gasteiger partial charge on any atom is -0.497 e. The van der Waals surface area contributed by atoms with Crippen molar-refractivity contribution in [1.29, 1.82) is 0 Å². The second-order valence-electron chi connectivity index (χ2n) is 9.71. The highest BCUT2D eigenvalue weighted by atomic mass is 16.5. The molecule has 0 radical (unpaired) electrons. The molecule has 0 amide bonds. The second kappa shape index (κ2) is 8.93. The smallest absolute Gasteiger partial charge is 0.179 e. The molecule has 2 aliphatic rings. The third kappa shape index (κ3) is 3.57. The molecule has 1 aliphatic heterocycles. The van der Waals surface area contributed by atoms with Gasteiger partial charge in [-0.15, -0.1) is 0 Å². The Morgan fingerprint density at radius 3 is 1.82 bits per heavy atom. The summed E-state index contributed by atoms with van der Waals surface area (Å²) in [5.41, 5.74) is 7.03. The van der Waals surface area contributed by atoms with E-state index in [1.807, 2.05) is 6.07 Å². The van der Waals surface area contributed by atoms with Crippen LogP contribution in [0, 0.1) is 0 Å². The van der Waals surface area contributed by atoms with Gasteiger partial charge in [-0.3, -0.25) is 0 Å². The van der Waals surface area contributed by atoms with Crippen LogP contribution in [-0.2, 0) is 0 Å². The first-order valence-electron chi connectivity index (χ1n) is 12.9. The molecule has 1 heterocycles. The molecular weight excluding hydrogens is 464 g/mol. The van der Waals surface area contributed by atoms with Crippen molar-refractivity contribution < 1.29 is 9.47 Å². The number of rotatable bonds is 3. The summed E-state index contributed by atoms with van der Waals surface area (Å²) in [6, 6.07) is 40.1. The fourth-order valence-electron chi connectivity index (χ4n) is 5.66. The van der Waals surface area contributed by atoms with Crippen LogP contribution >= 0.6 is 0 Å². The van der Waals surface area contributed by atoms with Gasteiger partial charge in [0.1, 0.15) is 11.5 Å². The summed E-state index contributed by atoms with van der Waals surface area (Å²) >= 11 is 0. The standard InChI is InChI=1S/C36H26O2/c1-37-30-18-16-25-17-19-35-31(32(25)24-30)20-21-36(38-35)33(26-10-4-2-5-11-26)22-28-14-8-9-15-29(28)23-34(36)27-12-6-3-7-13-27/h2-24H,1H3. The van der Waals surface area contributed by atoms with Gasteiger partial charge in [0.25, 0.3) is 0 Å². The summed E-state index contributed by atoms with van der Waals surface area (Å²) in [7, 11) is 1.70. The summed E-state index contributed by atoms with van der Waals surface area (Å²) in [5, 5.41) is 2.26. The average Bonchev–Trinajstić information content (AvgIpc) is 3.12. The van der Waals surface area contributed by atoms with Crippen molar-refractivity contribution in [3.05, 3.63) is 149 Å². The summed E-state index contributed by atoms with van der Waals surface area (Å²) < 4.78 is 12.8. The Bertz CT molecular complexity index is 1680. The first kappa shape index (κ1) is 22.4. The molecule has 1 spiro atoms. The van der Waals surface area contributed by atoms with Crippen LogP contribution in [0.3, 0.4) is 0 Å². The van der Waals surface area contributed by atoms with E-state index in [-0.39, 0.29) is 0 Å². The van der Waals surface area contributed by atoms with Gasteiger partial charge in [-0.05, 0) is 75.5 Å². The molecule has 2 heteroatoms.